The first kappa shape index (κ1) is 28.5. The molecule has 1 fully saturated rings. The summed E-state index contributed by atoms with van der Waals surface area (Å²) in [5.74, 6) is -1.25. The summed E-state index contributed by atoms with van der Waals surface area (Å²) in [6.45, 7) is 4.53. The third-order valence-electron chi connectivity index (χ3n) is 5.16. The zero-order valence-electron chi connectivity index (χ0n) is 19.8. The predicted octanol–water partition coefficient (Wildman–Crippen LogP) is 3.67. The minimum Gasteiger partial charge on any atom is -0.463 e. The number of nitrogens with zero attached hydrogens (tertiary/aromatic N) is 2. The van der Waals surface area contributed by atoms with Crippen LogP contribution in [-0.2, 0) is 18.6 Å². The van der Waals surface area contributed by atoms with E-state index in [0.717, 1.165) is 16.3 Å². The van der Waals surface area contributed by atoms with Gasteiger partial charge in [0.15, 0.2) is 6.17 Å². The first-order chi connectivity index (χ1) is 16.9. The van der Waals surface area contributed by atoms with E-state index in [1.54, 1.807) is 13.8 Å². The van der Waals surface area contributed by atoms with Crippen LogP contribution in [0.15, 0.2) is 41.3 Å². The van der Waals surface area contributed by atoms with Gasteiger partial charge >= 0.3 is 19.3 Å². The molecule has 3 rings (SSSR count). The molecule has 2 aromatic rings. The number of halogens is 2. The van der Waals surface area contributed by atoms with Crippen molar-refractivity contribution in [2.45, 2.75) is 49.8 Å². The number of alkyl halides is 1. The van der Waals surface area contributed by atoms with Crippen LogP contribution in [0.4, 0.5) is 10.2 Å². The van der Waals surface area contributed by atoms with Crippen LogP contribution in [0.5, 0.6) is 5.75 Å². The summed E-state index contributed by atoms with van der Waals surface area (Å²) in [4.78, 5) is 28.1. The molecule has 0 bridgehead atoms. The maximum Gasteiger partial charge on any atom is 0.380 e. The number of hydrogen-bond acceptors (Lipinski definition) is 10. The summed E-state index contributed by atoms with van der Waals surface area (Å²) in [7, 11) is -4.00. The lowest BCUT2D eigenvalue weighted by molar-refractivity contribution is -0.151. The molecular formula is C22H28ClFN3O7PS. The lowest BCUT2D eigenvalue weighted by Crippen LogP contribution is -2.33. The summed E-state index contributed by atoms with van der Waals surface area (Å²) in [5.41, 5.74) is 4.72. The van der Waals surface area contributed by atoms with Gasteiger partial charge in [0.1, 0.15) is 23.0 Å². The number of aromatic nitrogens is 2. The molecule has 6 atom stereocenters. The highest BCUT2D eigenvalue weighted by molar-refractivity contribution is 8.00. The minimum atomic E-state index is -4.00. The van der Waals surface area contributed by atoms with Crippen molar-refractivity contribution >= 4 is 42.7 Å². The van der Waals surface area contributed by atoms with E-state index in [1.165, 1.54) is 43.5 Å². The minimum absolute atomic E-state index is 0.0134. The van der Waals surface area contributed by atoms with Gasteiger partial charge < -0.3 is 20.1 Å². The van der Waals surface area contributed by atoms with E-state index in [1.807, 2.05) is 0 Å². The zero-order valence-corrected chi connectivity index (χ0v) is 22.3. The van der Waals surface area contributed by atoms with E-state index in [4.69, 9.17) is 31.1 Å². The van der Waals surface area contributed by atoms with Gasteiger partial charge in [-0.15, -0.1) is 11.8 Å². The third kappa shape index (κ3) is 7.23. The van der Waals surface area contributed by atoms with Gasteiger partial charge in [-0.3, -0.25) is 13.9 Å². The van der Waals surface area contributed by atoms with Crippen LogP contribution in [0.2, 0.25) is 5.02 Å². The van der Waals surface area contributed by atoms with Gasteiger partial charge in [-0.25, -0.2) is 13.8 Å². The van der Waals surface area contributed by atoms with Crippen LogP contribution < -0.4 is 15.9 Å². The highest BCUT2D eigenvalue weighted by Gasteiger charge is 2.46. The average Bonchev–Trinajstić information content (AvgIpc) is 3.07. The highest BCUT2D eigenvalue weighted by Crippen LogP contribution is 2.52. The number of nitrogens with two attached hydrogens (primary N) is 1. The molecule has 1 saturated heterocycles. The number of aliphatic hydroxyl groups is 1. The van der Waals surface area contributed by atoms with Crippen LogP contribution in [0.25, 0.3) is 0 Å². The molecule has 0 radical (unpaired) electrons. The summed E-state index contributed by atoms with van der Waals surface area (Å²) in [6.07, 6.45) is -2.76. The van der Waals surface area contributed by atoms with Gasteiger partial charge in [0.05, 0.1) is 30.0 Å². The molecule has 14 heteroatoms. The van der Waals surface area contributed by atoms with E-state index in [2.05, 4.69) is 4.98 Å². The largest absolute Gasteiger partial charge is 0.463 e. The first-order valence-corrected chi connectivity index (χ1v) is 14.1. The van der Waals surface area contributed by atoms with Crippen molar-refractivity contribution < 1.29 is 32.6 Å². The molecule has 2 heterocycles. The molecule has 1 unspecified atom stereocenters. The highest BCUT2D eigenvalue weighted by atomic mass is 35.5. The number of anilines is 1. The molecule has 0 saturated carbocycles. The van der Waals surface area contributed by atoms with E-state index in [-0.39, 0.29) is 30.4 Å². The molecule has 0 amide bonds. The number of carbonyl (C=O) groups excluding carboxylic acids is 1. The quantitative estimate of drug-likeness (QED) is 0.324. The standard InChI is InChI=1S/C22H28ClFN3O7PS/c1-12(2)33-21(29)13(3)11-35(31,34-15-6-4-14(23)5-7-15)32-10-16-19(28)18(24)20(36-16)27-9-8-17(25)26-22(27)30/h4-9,12-13,16,18-20,28H,10-11H2,1-3H3,(H2,25,26,30)/t13-,16-,18+,19-,20-,35?/m1/s1. The van der Waals surface area contributed by atoms with Gasteiger partial charge in [0.25, 0.3) is 0 Å². The first-order valence-electron chi connectivity index (χ1n) is 11.1. The van der Waals surface area contributed by atoms with Crippen LogP contribution in [0, 0.1) is 5.92 Å². The van der Waals surface area contributed by atoms with Crippen molar-refractivity contribution in [3.63, 3.8) is 0 Å². The molecule has 36 heavy (non-hydrogen) atoms. The topological polar surface area (TPSA) is 143 Å². The van der Waals surface area contributed by atoms with Gasteiger partial charge in [0, 0.05) is 11.2 Å². The van der Waals surface area contributed by atoms with E-state index in [9.17, 15) is 23.7 Å². The Balaban J connectivity index is 1.76. The fourth-order valence-electron chi connectivity index (χ4n) is 3.40. The SMILES string of the molecule is CC(C)OC(=O)[C@H](C)CP(=O)(OC[C@H]1S[C@@H](n2ccc(N)nc2=O)[C@@H](F)[C@@H]1O)Oc1ccc(Cl)cc1. The number of hydrogen-bond donors (Lipinski definition) is 2. The van der Waals surface area contributed by atoms with Crippen molar-refractivity contribution in [2.75, 3.05) is 18.5 Å². The molecule has 1 aliphatic rings. The lowest BCUT2D eigenvalue weighted by atomic mass is 10.1. The summed E-state index contributed by atoms with van der Waals surface area (Å²) in [5, 5.41) is 8.91. The van der Waals surface area contributed by atoms with Gasteiger partial charge in [0.2, 0.25) is 0 Å². The lowest BCUT2D eigenvalue weighted by Gasteiger charge is -2.24. The second-order valence-corrected chi connectivity index (χ2v) is 12.4. The van der Waals surface area contributed by atoms with Gasteiger partial charge in [-0.1, -0.05) is 18.5 Å². The molecule has 1 aromatic heterocycles. The maximum atomic E-state index is 14.9. The smallest absolute Gasteiger partial charge is 0.380 e. The molecule has 0 spiro atoms. The summed E-state index contributed by atoms with van der Waals surface area (Å²) in [6, 6.07) is 7.39. The maximum absolute atomic E-state index is 14.9. The van der Waals surface area contributed by atoms with Gasteiger partial charge in [-0.2, -0.15) is 4.98 Å². The number of aliphatic hydroxyl groups excluding tert-OH is 1. The van der Waals surface area contributed by atoms with E-state index < -0.39 is 48.1 Å². The van der Waals surface area contributed by atoms with Crippen LogP contribution >= 0.6 is 31.0 Å². The Hall–Kier alpha value is -2.11. The van der Waals surface area contributed by atoms with Crippen molar-refractivity contribution in [3.05, 3.63) is 52.0 Å². The van der Waals surface area contributed by atoms with Crippen molar-refractivity contribution in [3.8, 4) is 5.75 Å². The monoisotopic (exact) mass is 563 g/mol. The molecular weight excluding hydrogens is 536 g/mol. The number of ether oxygens (including phenoxy) is 1. The Bertz CT molecular complexity index is 1170. The van der Waals surface area contributed by atoms with E-state index >= 15 is 0 Å². The second kappa shape index (κ2) is 12.0. The fourth-order valence-corrected chi connectivity index (χ4v) is 6.93. The van der Waals surface area contributed by atoms with E-state index in [0.29, 0.717) is 5.02 Å². The number of nitrogen functional groups attached to an aromatic ring is 1. The summed E-state index contributed by atoms with van der Waals surface area (Å²) < 4.78 is 46.1. The Kier molecular flexibility index (Phi) is 9.45. The molecule has 3 N–H and O–H groups in total. The Morgan fingerprint density at radius 2 is 1.97 bits per heavy atom. The summed E-state index contributed by atoms with van der Waals surface area (Å²) >= 11 is 6.83. The normalized spacial score (nSPS) is 24.3. The average molecular weight is 564 g/mol. The molecule has 1 aliphatic heterocycles. The van der Waals surface area contributed by atoms with Crippen molar-refractivity contribution in [2.24, 2.45) is 5.92 Å². The van der Waals surface area contributed by atoms with Crippen LogP contribution in [0.1, 0.15) is 26.1 Å². The molecule has 10 nitrogen and oxygen atoms in total. The Morgan fingerprint density at radius 3 is 2.58 bits per heavy atom. The third-order valence-corrected chi connectivity index (χ3v) is 8.97. The van der Waals surface area contributed by atoms with Crippen LogP contribution in [0.3, 0.4) is 0 Å². The molecule has 198 valence electrons. The fraction of sp³-hybridized carbons (Fsp3) is 0.500. The zero-order chi connectivity index (χ0) is 26.6. The predicted molar refractivity (Wildman–Crippen MR) is 135 cm³/mol. The number of benzene rings is 1. The number of rotatable bonds is 10. The van der Waals surface area contributed by atoms with Crippen molar-refractivity contribution in [1.82, 2.24) is 9.55 Å². The van der Waals surface area contributed by atoms with Crippen molar-refractivity contribution in [1.29, 1.82) is 0 Å². The number of esters is 1. The van der Waals surface area contributed by atoms with Crippen LogP contribution in [-0.4, -0.2) is 57.0 Å². The number of thioether (sulfide) groups is 1. The second-order valence-electron chi connectivity index (χ2n) is 8.56. The Labute approximate surface area is 216 Å². The number of carbonyl (C=O) groups is 1. The van der Waals surface area contributed by atoms with Gasteiger partial charge in [-0.05, 0) is 44.2 Å². The molecule has 1 aromatic carbocycles. The molecule has 0 aliphatic carbocycles. The Morgan fingerprint density at radius 1 is 1.31 bits per heavy atom.